The summed E-state index contributed by atoms with van der Waals surface area (Å²) in [5, 5.41) is 0.685. The predicted octanol–water partition coefficient (Wildman–Crippen LogP) is 3.09. The van der Waals surface area contributed by atoms with Gasteiger partial charge in [0.1, 0.15) is 5.75 Å². The summed E-state index contributed by atoms with van der Waals surface area (Å²) in [5.74, 6) is 0.824. The van der Waals surface area contributed by atoms with E-state index in [0.29, 0.717) is 16.6 Å². The summed E-state index contributed by atoms with van der Waals surface area (Å²) >= 11 is 10.6. The Bertz CT molecular complexity index is 354. The number of thiocarbonyl (C=S) groups is 1. The summed E-state index contributed by atoms with van der Waals surface area (Å²) in [4.78, 5) is 0.529. The third kappa shape index (κ3) is 4.49. The van der Waals surface area contributed by atoms with Crippen LogP contribution in [0.4, 0.5) is 0 Å². The minimum absolute atomic E-state index is 0.529. The van der Waals surface area contributed by atoms with Crippen molar-refractivity contribution in [2.45, 2.75) is 19.8 Å². The van der Waals surface area contributed by atoms with Gasteiger partial charge in [-0.25, -0.2) is 0 Å². The molecule has 1 rings (SSSR count). The number of ether oxygens (including phenoxy) is 1. The average Bonchev–Trinajstić information content (AvgIpc) is 2.17. The number of benzene rings is 1. The number of nitrogens with two attached hydrogens (primary N) is 1. The molecule has 0 heterocycles. The molecule has 0 aromatic heterocycles. The first-order chi connectivity index (χ1) is 7.09. The number of halogens is 1. The first-order valence-corrected chi connectivity index (χ1v) is 5.55. The molecule has 0 saturated carbocycles. The van der Waals surface area contributed by atoms with Gasteiger partial charge in [-0.05, 0) is 31.0 Å². The summed E-state index contributed by atoms with van der Waals surface area (Å²) in [7, 11) is 0. The van der Waals surface area contributed by atoms with Crippen molar-refractivity contribution in [3.63, 3.8) is 0 Å². The molecule has 82 valence electrons. The van der Waals surface area contributed by atoms with E-state index in [-0.39, 0.29) is 0 Å². The van der Waals surface area contributed by atoms with Crippen LogP contribution in [-0.2, 0) is 0 Å². The van der Waals surface area contributed by atoms with E-state index in [1.807, 2.05) is 25.1 Å². The van der Waals surface area contributed by atoms with Crippen molar-refractivity contribution < 1.29 is 4.74 Å². The maximum absolute atomic E-state index is 5.86. The summed E-state index contributed by atoms with van der Waals surface area (Å²) in [6.07, 6.45) is 1.55. The molecule has 4 heteroatoms. The molecule has 2 N–H and O–H groups in total. The van der Waals surface area contributed by atoms with Gasteiger partial charge in [0.2, 0.25) is 0 Å². The maximum atomic E-state index is 5.86. The highest BCUT2D eigenvalue weighted by atomic mass is 35.5. The molecule has 0 fully saturated rings. The summed E-state index contributed by atoms with van der Waals surface area (Å²) in [6, 6.07) is 5.60. The fraction of sp³-hybridized carbons (Fsp3) is 0.364. The van der Waals surface area contributed by atoms with Gasteiger partial charge in [-0.3, -0.25) is 0 Å². The molecular weight excluding hydrogens is 230 g/mol. The van der Waals surface area contributed by atoms with Crippen molar-refractivity contribution in [3.05, 3.63) is 28.8 Å². The third-order valence-corrected chi connectivity index (χ3v) is 2.41. The second-order valence-electron chi connectivity index (χ2n) is 3.33. The molecule has 0 amide bonds. The summed E-state index contributed by atoms with van der Waals surface area (Å²) in [6.45, 7) is 2.59. The second kappa shape index (κ2) is 5.93. The van der Waals surface area contributed by atoms with Crippen molar-refractivity contribution in [3.8, 4) is 5.75 Å². The van der Waals surface area contributed by atoms with Gasteiger partial charge in [0.15, 0.2) is 0 Å². The average molecular weight is 244 g/mol. The maximum Gasteiger partial charge on any atom is 0.123 e. The number of aryl methyl sites for hydroxylation is 1. The Morgan fingerprint density at radius 1 is 1.53 bits per heavy atom. The lowest BCUT2D eigenvalue weighted by Gasteiger charge is -2.08. The van der Waals surface area contributed by atoms with E-state index in [4.69, 9.17) is 34.3 Å². The van der Waals surface area contributed by atoms with Crippen LogP contribution in [0.25, 0.3) is 0 Å². The Labute approximate surface area is 100 Å². The molecule has 1 aromatic carbocycles. The molecule has 15 heavy (non-hydrogen) atoms. The Balaban J connectivity index is 2.43. The van der Waals surface area contributed by atoms with Gasteiger partial charge in [-0.15, -0.1) is 0 Å². The minimum atomic E-state index is 0.529. The standard InChI is InChI=1S/C11H14ClNOS/c1-8-4-5-9(12)7-10(8)14-6-2-3-11(13)15/h4-5,7H,2-3,6H2,1H3,(H2,13,15). The van der Waals surface area contributed by atoms with Crippen molar-refractivity contribution in [1.82, 2.24) is 0 Å². The minimum Gasteiger partial charge on any atom is -0.493 e. The van der Waals surface area contributed by atoms with Crippen LogP contribution >= 0.6 is 23.8 Å². The fourth-order valence-electron chi connectivity index (χ4n) is 1.16. The third-order valence-electron chi connectivity index (χ3n) is 1.98. The van der Waals surface area contributed by atoms with E-state index in [1.165, 1.54) is 0 Å². The molecular formula is C11H14ClNOS. The van der Waals surface area contributed by atoms with Gasteiger partial charge in [0, 0.05) is 11.4 Å². The van der Waals surface area contributed by atoms with Crippen molar-refractivity contribution in [1.29, 1.82) is 0 Å². The highest BCUT2D eigenvalue weighted by Crippen LogP contribution is 2.22. The first-order valence-electron chi connectivity index (χ1n) is 4.77. The van der Waals surface area contributed by atoms with Crippen LogP contribution < -0.4 is 10.5 Å². The molecule has 0 spiro atoms. The summed E-state index contributed by atoms with van der Waals surface area (Å²) in [5.41, 5.74) is 6.46. The lowest BCUT2D eigenvalue weighted by Crippen LogP contribution is -2.09. The van der Waals surface area contributed by atoms with E-state index in [9.17, 15) is 0 Å². The SMILES string of the molecule is Cc1ccc(Cl)cc1OCCCC(N)=S. The van der Waals surface area contributed by atoms with E-state index in [1.54, 1.807) is 0 Å². The van der Waals surface area contributed by atoms with Crippen LogP contribution in [0.3, 0.4) is 0 Å². The molecule has 0 aliphatic carbocycles. The fourth-order valence-corrected chi connectivity index (χ4v) is 1.46. The molecule has 1 aromatic rings. The van der Waals surface area contributed by atoms with E-state index >= 15 is 0 Å². The molecule has 0 bridgehead atoms. The van der Waals surface area contributed by atoms with Crippen LogP contribution in [0.15, 0.2) is 18.2 Å². The Hall–Kier alpha value is -0.800. The molecule has 0 saturated heterocycles. The number of rotatable bonds is 5. The highest BCUT2D eigenvalue weighted by Gasteiger charge is 2.00. The molecule has 0 unspecified atom stereocenters. The molecule has 2 nitrogen and oxygen atoms in total. The lowest BCUT2D eigenvalue weighted by atomic mass is 10.2. The Morgan fingerprint density at radius 2 is 2.27 bits per heavy atom. The van der Waals surface area contributed by atoms with Gasteiger partial charge in [0.25, 0.3) is 0 Å². The largest absolute Gasteiger partial charge is 0.493 e. The quantitative estimate of drug-likeness (QED) is 0.638. The van der Waals surface area contributed by atoms with Gasteiger partial charge >= 0.3 is 0 Å². The van der Waals surface area contributed by atoms with Gasteiger partial charge in [-0.1, -0.05) is 29.9 Å². The van der Waals surface area contributed by atoms with Crippen molar-refractivity contribution in [2.75, 3.05) is 6.61 Å². The van der Waals surface area contributed by atoms with Gasteiger partial charge < -0.3 is 10.5 Å². The smallest absolute Gasteiger partial charge is 0.123 e. The molecule has 0 radical (unpaired) electrons. The Morgan fingerprint density at radius 3 is 2.93 bits per heavy atom. The normalized spacial score (nSPS) is 10.0. The molecule has 0 atom stereocenters. The van der Waals surface area contributed by atoms with Crippen molar-refractivity contribution >= 4 is 28.8 Å². The molecule has 0 aliphatic rings. The van der Waals surface area contributed by atoms with Gasteiger partial charge in [0.05, 0.1) is 11.6 Å². The predicted molar refractivity (Wildman–Crippen MR) is 67.7 cm³/mol. The number of hydrogen-bond acceptors (Lipinski definition) is 2. The summed E-state index contributed by atoms with van der Waals surface area (Å²) < 4.78 is 5.57. The topological polar surface area (TPSA) is 35.2 Å². The first kappa shape index (κ1) is 12.3. The second-order valence-corrected chi connectivity index (χ2v) is 4.29. The van der Waals surface area contributed by atoms with Gasteiger partial charge in [-0.2, -0.15) is 0 Å². The zero-order chi connectivity index (χ0) is 11.3. The van der Waals surface area contributed by atoms with Crippen LogP contribution in [0.2, 0.25) is 5.02 Å². The molecule has 0 aliphatic heterocycles. The van der Waals surface area contributed by atoms with E-state index in [2.05, 4.69) is 0 Å². The Kier molecular flexibility index (Phi) is 4.85. The van der Waals surface area contributed by atoms with Crippen LogP contribution in [0, 0.1) is 6.92 Å². The van der Waals surface area contributed by atoms with Crippen molar-refractivity contribution in [2.24, 2.45) is 5.73 Å². The number of hydrogen-bond donors (Lipinski definition) is 1. The van der Waals surface area contributed by atoms with Crippen LogP contribution in [0.1, 0.15) is 18.4 Å². The van der Waals surface area contributed by atoms with Crippen LogP contribution in [-0.4, -0.2) is 11.6 Å². The highest BCUT2D eigenvalue weighted by molar-refractivity contribution is 7.80. The zero-order valence-electron chi connectivity index (χ0n) is 8.63. The van der Waals surface area contributed by atoms with Crippen LogP contribution in [0.5, 0.6) is 5.75 Å². The lowest BCUT2D eigenvalue weighted by molar-refractivity contribution is 0.311. The van der Waals surface area contributed by atoms with E-state index < -0.39 is 0 Å². The monoisotopic (exact) mass is 243 g/mol. The zero-order valence-corrected chi connectivity index (χ0v) is 10.2. The van der Waals surface area contributed by atoms with E-state index in [0.717, 1.165) is 24.2 Å².